The van der Waals surface area contributed by atoms with Gasteiger partial charge in [-0.3, -0.25) is 14.2 Å². The smallest absolute Gasteiger partial charge is 0.336 e. The molecule has 9 heteroatoms. The minimum atomic E-state index is -1.28. The first-order valence-electron chi connectivity index (χ1n) is 7.35. The molecule has 1 heterocycles. The molecule has 0 saturated carbocycles. The second-order valence-corrected chi connectivity index (χ2v) is 6.27. The van der Waals surface area contributed by atoms with Gasteiger partial charge in [-0.1, -0.05) is 22.0 Å². The van der Waals surface area contributed by atoms with E-state index in [1.165, 1.54) is 37.4 Å². The van der Waals surface area contributed by atoms with Gasteiger partial charge in [0.15, 0.2) is 0 Å². The Labute approximate surface area is 154 Å². The molecule has 26 heavy (non-hydrogen) atoms. The van der Waals surface area contributed by atoms with Gasteiger partial charge in [0.1, 0.15) is 23.5 Å². The van der Waals surface area contributed by atoms with Gasteiger partial charge < -0.3 is 9.84 Å². The van der Waals surface area contributed by atoms with Crippen molar-refractivity contribution in [3.05, 3.63) is 67.5 Å². The van der Waals surface area contributed by atoms with Crippen molar-refractivity contribution in [2.75, 3.05) is 7.11 Å². The highest BCUT2D eigenvalue weighted by atomic mass is 79.9. The lowest BCUT2D eigenvalue weighted by Crippen LogP contribution is -2.40. The molecule has 3 aromatic rings. The number of aliphatic carboxylic acids is 1. The van der Waals surface area contributed by atoms with Crippen molar-refractivity contribution in [3.63, 3.8) is 0 Å². The van der Waals surface area contributed by atoms with Crippen molar-refractivity contribution in [2.45, 2.75) is 6.54 Å². The van der Waals surface area contributed by atoms with Gasteiger partial charge in [0.05, 0.1) is 18.3 Å². The molecule has 3 rings (SSSR count). The van der Waals surface area contributed by atoms with Crippen LogP contribution in [0, 0.1) is 5.82 Å². The number of nitrogens with zero attached hydrogens (tertiary/aromatic N) is 2. The number of aromatic nitrogens is 2. The maximum absolute atomic E-state index is 14.4. The van der Waals surface area contributed by atoms with Gasteiger partial charge in [-0.2, -0.15) is 0 Å². The van der Waals surface area contributed by atoms with E-state index in [9.17, 15) is 18.8 Å². The van der Waals surface area contributed by atoms with Crippen LogP contribution in [-0.2, 0) is 11.3 Å². The van der Waals surface area contributed by atoms with Gasteiger partial charge in [-0.15, -0.1) is 0 Å². The first-order valence-corrected chi connectivity index (χ1v) is 8.14. The molecule has 1 aromatic heterocycles. The molecule has 0 bridgehead atoms. The molecule has 0 fully saturated rings. The van der Waals surface area contributed by atoms with E-state index in [2.05, 4.69) is 15.9 Å². The number of halogens is 2. The van der Waals surface area contributed by atoms with Crippen LogP contribution in [0.2, 0.25) is 0 Å². The Bertz CT molecular complexity index is 1150. The van der Waals surface area contributed by atoms with Gasteiger partial charge in [-0.05, 0) is 30.3 Å². The Morgan fingerprint density at radius 1 is 1.27 bits per heavy atom. The molecule has 0 amide bonds. The first-order chi connectivity index (χ1) is 12.3. The second-order valence-electron chi connectivity index (χ2n) is 5.35. The third kappa shape index (κ3) is 2.90. The number of benzene rings is 2. The van der Waals surface area contributed by atoms with Gasteiger partial charge in [0, 0.05) is 4.47 Å². The quantitative estimate of drug-likeness (QED) is 0.695. The van der Waals surface area contributed by atoms with E-state index in [4.69, 9.17) is 9.84 Å². The summed E-state index contributed by atoms with van der Waals surface area (Å²) in [5.41, 5.74) is -1.95. The highest BCUT2D eigenvalue weighted by Gasteiger charge is 2.20. The highest BCUT2D eigenvalue weighted by Crippen LogP contribution is 2.23. The van der Waals surface area contributed by atoms with E-state index in [1.807, 2.05) is 0 Å². The van der Waals surface area contributed by atoms with Crippen LogP contribution in [0.4, 0.5) is 4.39 Å². The van der Waals surface area contributed by atoms with Crippen molar-refractivity contribution in [2.24, 2.45) is 0 Å². The van der Waals surface area contributed by atoms with E-state index in [0.717, 1.165) is 10.6 Å². The average molecular weight is 423 g/mol. The first kappa shape index (κ1) is 17.9. The van der Waals surface area contributed by atoms with E-state index < -0.39 is 29.6 Å². The largest absolute Gasteiger partial charge is 0.496 e. The van der Waals surface area contributed by atoms with Crippen LogP contribution in [-0.4, -0.2) is 27.3 Å². The van der Waals surface area contributed by atoms with Gasteiger partial charge in [-0.25, -0.2) is 13.8 Å². The van der Waals surface area contributed by atoms with E-state index in [0.29, 0.717) is 9.04 Å². The molecule has 7 nitrogen and oxygen atoms in total. The molecular weight excluding hydrogens is 411 g/mol. The Hall–Kier alpha value is -2.94. The summed E-state index contributed by atoms with van der Waals surface area (Å²) in [5, 5.41) is 9.12. The molecule has 134 valence electrons. The molecule has 2 aromatic carbocycles. The van der Waals surface area contributed by atoms with Gasteiger partial charge in [0.2, 0.25) is 0 Å². The van der Waals surface area contributed by atoms with Crippen LogP contribution < -0.4 is 16.0 Å². The molecule has 0 unspecified atom stereocenters. The number of carbonyl (C=O) groups is 1. The molecule has 1 N–H and O–H groups in total. The summed E-state index contributed by atoms with van der Waals surface area (Å²) in [6, 6.07) is 8.30. The number of rotatable bonds is 4. The number of hydrogen-bond acceptors (Lipinski definition) is 4. The molecular formula is C17H12BrFN2O5. The van der Waals surface area contributed by atoms with Gasteiger partial charge in [0.25, 0.3) is 5.56 Å². The van der Waals surface area contributed by atoms with Crippen molar-refractivity contribution in [1.82, 2.24) is 9.13 Å². The summed E-state index contributed by atoms with van der Waals surface area (Å²) in [7, 11) is 1.34. The molecule has 0 radical (unpaired) electrons. The third-order valence-corrected chi connectivity index (χ3v) is 4.29. The summed E-state index contributed by atoms with van der Waals surface area (Å²) >= 11 is 3.11. The van der Waals surface area contributed by atoms with Crippen LogP contribution in [0.3, 0.4) is 0 Å². The summed E-state index contributed by atoms with van der Waals surface area (Å²) in [5.74, 6) is -1.94. The number of ether oxygens (including phenoxy) is 1. The number of methoxy groups -OCH3 is 1. The molecule has 0 aliphatic rings. The summed E-state index contributed by atoms with van der Waals surface area (Å²) in [6.45, 7) is -0.694. The van der Waals surface area contributed by atoms with Crippen molar-refractivity contribution in [3.8, 4) is 11.4 Å². The zero-order chi connectivity index (χ0) is 19.0. The Kier molecular flexibility index (Phi) is 4.64. The standard InChI is InChI=1S/C17H12BrFN2O5/c1-26-13-4-2-3-12-15(13)16(24)21(17(25)20(12)8-14(22)23)11-6-5-9(18)7-10(11)19/h2-7H,8H2,1H3,(H,22,23). The minimum Gasteiger partial charge on any atom is -0.496 e. The van der Waals surface area contributed by atoms with Crippen LogP contribution in [0.15, 0.2) is 50.5 Å². The average Bonchev–Trinajstić information content (AvgIpc) is 2.59. The molecule has 0 saturated heterocycles. The topological polar surface area (TPSA) is 90.5 Å². The lowest BCUT2D eigenvalue weighted by atomic mass is 10.2. The fourth-order valence-corrected chi connectivity index (χ4v) is 3.05. The van der Waals surface area contributed by atoms with E-state index >= 15 is 0 Å². The van der Waals surface area contributed by atoms with E-state index in [1.54, 1.807) is 0 Å². The van der Waals surface area contributed by atoms with Crippen molar-refractivity contribution < 1.29 is 19.0 Å². The molecule has 0 atom stereocenters. The minimum absolute atomic E-state index is 0.0156. The van der Waals surface area contributed by atoms with Crippen LogP contribution in [0.5, 0.6) is 5.75 Å². The zero-order valence-electron chi connectivity index (χ0n) is 13.4. The van der Waals surface area contributed by atoms with Crippen LogP contribution in [0.25, 0.3) is 16.6 Å². The zero-order valence-corrected chi connectivity index (χ0v) is 15.0. The monoisotopic (exact) mass is 422 g/mol. The third-order valence-electron chi connectivity index (χ3n) is 3.80. The fraction of sp³-hybridized carbons (Fsp3) is 0.118. The van der Waals surface area contributed by atoms with Crippen LogP contribution >= 0.6 is 15.9 Å². The Morgan fingerprint density at radius 2 is 2.00 bits per heavy atom. The second kappa shape index (κ2) is 6.75. The summed E-state index contributed by atoms with van der Waals surface area (Å²) < 4.78 is 21.5. The van der Waals surface area contributed by atoms with Crippen molar-refractivity contribution >= 4 is 32.8 Å². The van der Waals surface area contributed by atoms with Gasteiger partial charge >= 0.3 is 11.7 Å². The molecule has 0 aliphatic carbocycles. The predicted molar refractivity (Wildman–Crippen MR) is 95.7 cm³/mol. The lowest BCUT2D eigenvalue weighted by molar-refractivity contribution is -0.137. The maximum atomic E-state index is 14.4. The summed E-state index contributed by atoms with van der Waals surface area (Å²) in [4.78, 5) is 37.0. The Balaban J connectivity index is 2.53. The number of carboxylic acids is 1. The fourth-order valence-electron chi connectivity index (χ4n) is 2.72. The highest BCUT2D eigenvalue weighted by molar-refractivity contribution is 9.10. The number of carboxylic acid groups (broad SMARTS) is 1. The lowest BCUT2D eigenvalue weighted by Gasteiger charge is -2.15. The maximum Gasteiger partial charge on any atom is 0.336 e. The molecule has 0 spiro atoms. The SMILES string of the molecule is COc1cccc2c1c(=O)n(-c1ccc(Br)cc1F)c(=O)n2CC(=O)O. The molecule has 0 aliphatic heterocycles. The van der Waals surface area contributed by atoms with Crippen molar-refractivity contribution in [1.29, 1.82) is 0 Å². The van der Waals surface area contributed by atoms with Crippen LogP contribution in [0.1, 0.15) is 0 Å². The predicted octanol–water partition coefficient (Wildman–Crippen LogP) is 2.15. The number of hydrogen-bond donors (Lipinski definition) is 1. The number of fused-ring (bicyclic) bond motifs is 1. The normalized spacial score (nSPS) is 10.9. The summed E-state index contributed by atoms with van der Waals surface area (Å²) in [6.07, 6.45) is 0. The van der Waals surface area contributed by atoms with E-state index in [-0.39, 0.29) is 22.3 Å². The Morgan fingerprint density at radius 3 is 2.62 bits per heavy atom.